The summed E-state index contributed by atoms with van der Waals surface area (Å²) in [6, 6.07) is 36.1. The second kappa shape index (κ2) is 7.80. The Balaban J connectivity index is 1.52. The van der Waals surface area contributed by atoms with Gasteiger partial charge in [0.2, 0.25) is 11.9 Å². The lowest BCUT2D eigenvalue weighted by Crippen LogP contribution is -2.11. The molecule has 8 rings (SSSR count). The molecule has 1 aliphatic carbocycles. The zero-order valence-corrected chi connectivity index (χ0v) is 20.1. The molecule has 5 nitrogen and oxygen atoms in total. The fraction of sp³-hybridized carbons (Fsp3) is 0.0625. The maximum absolute atomic E-state index is 4.88. The Kier molecular flexibility index (Phi) is 4.28. The summed E-state index contributed by atoms with van der Waals surface area (Å²) in [5.74, 6) is 1.55. The molecular weight excluding hydrogens is 454 g/mol. The summed E-state index contributed by atoms with van der Waals surface area (Å²) < 4.78 is 6.70. The van der Waals surface area contributed by atoms with E-state index in [4.69, 9.17) is 10.2 Å². The largest absolute Gasteiger partial charge is 0.278 e. The van der Waals surface area contributed by atoms with Crippen molar-refractivity contribution >= 4 is 38.8 Å². The Hall–Kier alpha value is -4.90. The number of allylic oxidation sites excluding steroid dienone is 1. The van der Waals surface area contributed by atoms with Crippen molar-refractivity contribution in [2.45, 2.75) is 12.8 Å². The molecule has 0 atom stereocenters. The van der Waals surface area contributed by atoms with E-state index < -0.39 is 0 Å². The first-order chi connectivity index (χ1) is 18.4. The Labute approximate surface area is 213 Å². The first kappa shape index (κ1) is 20.3. The first-order valence-corrected chi connectivity index (χ1v) is 12.7. The van der Waals surface area contributed by atoms with Gasteiger partial charge in [-0.1, -0.05) is 78.9 Å². The third kappa shape index (κ3) is 2.85. The van der Waals surface area contributed by atoms with Crippen LogP contribution in [0.5, 0.6) is 0 Å². The molecule has 0 saturated heterocycles. The molecule has 0 radical (unpaired) electrons. The fourth-order valence-electron chi connectivity index (χ4n) is 5.91. The maximum Gasteiger partial charge on any atom is 0.242 e. The third-order valence-corrected chi connectivity index (χ3v) is 7.48. The molecule has 0 N–H and O–H groups in total. The van der Waals surface area contributed by atoms with Gasteiger partial charge < -0.3 is 0 Å². The van der Waals surface area contributed by atoms with E-state index in [-0.39, 0.29) is 0 Å². The lowest BCUT2D eigenvalue weighted by molar-refractivity contribution is 0.872. The van der Waals surface area contributed by atoms with Gasteiger partial charge in [-0.2, -0.15) is 0 Å². The number of aryl methyl sites for hydroxylation is 1. The highest BCUT2D eigenvalue weighted by Crippen LogP contribution is 2.36. The van der Waals surface area contributed by atoms with Crippen LogP contribution in [-0.4, -0.2) is 23.9 Å². The van der Waals surface area contributed by atoms with E-state index in [1.807, 2.05) is 6.07 Å². The molecule has 176 valence electrons. The summed E-state index contributed by atoms with van der Waals surface area (Å²) >= 11 is 0. The third-order valence-electron chi connectivity index (χ3n) is 7.48. The van der Waals surface area contributed by atoms with Crippen LogP contribution in [0.3, 0.4) is 0 Å². The summed E-state index contributed by atoms with van der Waals surface area (Å²) in [7, 11) is 0. The van der Waals surface area contributed by atoms with Crippen LogP contribution in [0.2, 0.25) is 0 Å². The Bertz CT molecular complexity index is 1930. The van der Waals surface area contributed by atoms with E-state index in [0.717, 1.165) is 47.0 Å². The average Bonchev–Trinajstić information content (AvgIpc) is 3.63. The van der Waals surface area contributed by atoms with Crippen LogP contribution in [0.15, 0.2) is 109 Å². The van der Waals surface area contributed by atoms with Gasteiger partial charge in [-0.25, -0.2) is 4.57 Å². The van der Waals surface area contributed by atoms with E-state index >= 15 is 0 Å². The molecule has 0 saturated carbocycles. The number of rotatable bonds is 3. The summed E-state index contributed by atoms with van der Waals surface area (Å²) in [6.45, 7) is 0. The summed E-state index contributed by atoms with van der Waals surface area (Å²) in [6.07, 6.45) is 6.58. The van der Waals surface area contributed by atoms with Gasteiger partial charge in [-0.05, 0) is 54.8 Å². The van der Waals surface area contributed by atoms with Gasteiger partial charge >= 0.3 is 0 Å². The monoisotopic (exact) mass is 477 g/mol. The highest BCUT2D eigenvalue weighted by atomic mass is 15.4. The van der Waals surface area contributed by atoms with Crippen LogP contribution in [-0.2, 0) is 6.42 Å². The van der Waals surface area contributed by atoms with E-state index in [1.54, 1.807) is 0 Å². The van der Waals surface area contributed by atoms with E-state index in [2.05, 4.69) is 123 Å². The van der Waals surface area contributed by atoms with Crippen LogP contribution in [0.1, 0.15) is 17.7 Å². The molecule has 0 bridgehead atoms. The van der Waals surface area contributed by atoms with Crippen molar-refractivity contribution in [3.8, 4) is 17.6 Å². The number of para-hydroxylation sites is 4. The van der Waals surface area contributed by atoms with Crippen LogP contribution in [0, 0.1) is 0 Å². The van der Waals surface area contributed by atoms with E-state index in [0.29, 0.717) is 0 Å². The standard InChI is InChI=1S/C32H23N5/c1-2-12-22(13-3-1)35-31(36-27-18-8-4-14-23(27)24-15-5-9-19-28(24)36)33-34-32(35)37-29-20-10-6-16-25(29)26-17-7-11-21-30(26)37/h1-6,8-16,18-21H,7,17H2. The van der Waals surface area contributed by atoms with Crippen molar-refractivity contribution in [2.75, 3.05) is 0 Å². The predicted octanol–water partition coefficient (Wildman–Crippen LogP) is 7.27. The molecule has 0 spiro atoms. The molecule has 7 aromatic rings. The normalized spacial score (nSPS) is 13.1. The number of benzene rings is 4. The predicted molar refractivity (Wildman–Crippen MR) is 150 cm³/mol. The Morgan fingerprint density at radius 3 is 1.73 bits per heavy atom. The SMILES string of the molecule is C1=Cc2c(c3ccccc3n2-c2nnc(-n3c4ccccc4c4ccccc43)n2-c2ccccc2)CC1. The maximum atomic E-state index is 4.88. The molecule has 1 aliphatic rings. The van der Waals surface area contributed by atoms with Gasteiger partial charge in [0.15, 0.2) is 0 Å². The van der Waals surface area contributed by atoms with Crippen LogP contribution in [0.25, 0.3) is 56.4 Å². The minimum atomic E-state index is 0.768. The Morgan fingerprint density at radius 1 is 0.514 bits per heavy atom. The molecule has 4 aromatic carbocycles. The molecule has 0 amide bonds. The summed E-state index contributed by atoms with van der Waals surface area (Å²) in [5.41, 5.74) is 6.95. The molecular formula is C32H23N5. The minimum Gasteiger partial charge on any atom is -0.278 e. The molecule has 0 fully saturated rings. The highest BCUT2D eigenvalue weighted by molar-refractivity contribution is 6.09. The molecule has 3 heterocycles. The number of nitrogens with zero attached hydrogens (tertiary/aromatic N) is 5. The number of hydrogen-bond acceptors (Lipinski definition) is 2. The number of hydrogen-bond donors (Lipinski definition) is 0. The number of fused-ring (bicyclic) bond motifs is 6. The Morgan fingerprint density at radius 2 is 1.05 bits per heavy atom. The van der Waals surface area contributed by atoms with E-state index in [9.17, 15) is 0 Å². The highest BCUT2D eigenvalue weighted by Gasteiger charge is 2.25. The lowest BCUT2D eigenvalue weighted by Gasteiger charge is -2.15. The zero-order valence-electron chi connectivity index (χ0n) is 20.1. The minimum absolute atomic E-state index is 0.768. The van der Waals surface area contributed by atoms with Crippen molar-refractivity contribution in [1.82, 2.24) is 23.9 Å². The molecule has 3 aromatic heterocycles. The zero-order chi connectivity index (χ0) is 24.3. The average molecular weight is 478 g/mol. The molecule has 0 unspecified atom stereocenters. The van der Waals surface area contributed by atoms with Gasteiger partial charge in [0.25, 0.3) is 0 Å². The van der Waals surface area contributed by atoms with Crippen molar-refractivity contribution in [3.05, 3.63) is 120 Å². The van der Waals surface area contributed by atoms with Gasteiger partial charge in [0.05, 0.1) is 27.9 Å². The van der Waals surface area contributed by atoms with Crippen LogP contribution >= 0.6 is 0 Å². The second-order valence-electron chi connectivity index (χ2n) is 9.50. The molecule has 0 aliphatic heterocycles. The quantitative estimate of drug-likeness (QED) is 0.269. The van der Waals surface area contributed by atoms with Crippen molar-refractivity contribution < 1.29 is 0 Å². The smallest absolute Gasteiger partial charge is 0.242 e. The lowest BCUT2D eigenvalue weighted by atomic mass is 10.0. The summed E-state index contributed by atoms with van der Waals surface area (Å²) in [5, 5.41) is 13.4. The van der Waals surface area contributed by atoms with Crippen molar-refractivity contribution in [2.24, 2.45) is 0 Å². The fourth-order valence-corrected chi connectivity index (χ4v) is 5.91. The van der Waals surface area contributed by atoms with Crippen LogP contribution in [0.4, 0.5) is 0 Å². The van der Waals surface area contributed by atoms with Gasteiger partial charge in [0, 0.05) is 16.2 Å². The van der Waals surface area contributed by atoms with Crippen molar-refractivity contribution in [3.63, 3.8) is 0 Å². The van der Waals surface area contributed by atoms with Crippen LogP contribution < -0.4 is 0 Å². The first-order valence-electron chi connectivity index (χ1n) is 12.7. The van der Waals surface area contributed by atoms with Crippen molar-refractivity contribution in [1.29, 1.82) is 0 Å². The number of aromatic nitrogens is 5. The summed E-state index contributed by atoms with van der Waals surface area (Å²) in [4.78, 5) is 0. The van der Waals surface area contributed by atoms with Gasteiger partial charge in [0.1, 0.15) is 0 Å². The second-order valence-corrected chi connectivity index (χ2v) is 9.50. The molecule has 37 heavy (non-hydrogen) atoms. The topological polar surface area (TPSA) is 40.6 Å². The van der Waals surface area contributed by atoms with E-state index in [1.165, 1.54) is 27.4 Å². The molecule has 5 heteroatoms. The van der Waals surface area contributed by atoms with Gasteiger partial charge in [-0.3, -0.25) is 9.13 Å². The van der Waals surface area contributed by atoms with Gasteiger partial charge in [-0.15, -0.1) is 10.2 Å².